The topological polar surface area (TPSA) is 42.1 Å². The normalized spacial score (nSPS) is 12.7. The minimum atomic E-state index is -4.76. The van der Waals surface area contributed by atoms with Gasteiger partial charge in [0.25, 0.3) is 0 Å². The molecular weight excluding hydrogens is 259 g/mol. The highest BCUT2D eigenvalue weighted by molar-refractivity contribution is 5.98. The third-order valence-electron chi connectivity index (χ3n) is 2.63. The van der Waals surface area contributed by atoms with E-state index in [0.717, 1.165) is 13.2 Å². The second-order valence-electron chi connectivity index (χ2n) is 3.84. The molecule has 0 fully saturated rings. The Kier molecular flexibility index (Phi) is 3.33. The maximum Gasteiger partial charge on any atom is 0.423 e. The monoisotopic (exact) mass is 269 g/mol. The molecule has 0 amide bonds. The first kappa shape index (κ1) is 13.2. The van der Waals surface area contributed by atoms with Crippen LogP contribution in [0.15, 0.2) is 36.0 Å². The Hall–Kier alpha value is -2.24. The molecule has 0 atom stereocenters. The van der Waals surface area contributed by atoms with Crippen LogP contribution >= 0.6 is 0 Å². The molecule has 3 nitrogen and oxygen atoms in total. The van der Waals surface area contributed by atoms with Crippen molar-refractivity contribution in [2.24, 2.45) is 0 Å². The van der Waals surface area contributed by atoms with Crippen molar-refractivity contribution in [3.05, 3.63) is 41.6 Å². The van der Waals surface area contributed by atoms with Crippen molar-refractivity contribution < 1.29 is 22.7 Å². The number of carbonyl (C=O) groups is 1. The van der Waals surface area contributed by atoms with E-state index >= 15 is 0 Å². The zero-order chi connectivity index (χ0) is 14.0. The number of benzene rings is 1. The summed E-state index contributed by atoms with van der Waals surface area (Å²) in [5, 5.41) is 0.605. The lowest BCUT2D eigenvalue weighted by Crippen LogP contribution is -2.20. The van der Waals surface area contributed by atoms with E-state index in [1.807, 2.05) is 0 Å². The van der Waals surface area contributed by atoms with Gasteiger partial charge in [-0.05, 0) is 12.1 Å². The lowest BCUT2D eigenvalue weighted by Gasteiger charge is -2.09. The second-order valence-corrected chi connectivity index (χ2v) is 3.84. The number of fused-ring (bicyclic) bond motifs is 1. The third-order valence-corrected chi connectivity index (χ3v) is 2.63. The zero-order valence-corrected chi connectivity index (χ0v) is 9.91. The summed E-state index contributed by atoms with van der Waals surface area (Å²) in [6.45, 7) is 0. The first-order valence-corrected chi connectivity index (χ1v) is 5.37. The summed E-state index contributed by atoms with van der Waals surface area (Å²) in [5.74, 6) is -1.40. The predicted octanol–water partition coefficient (Wildman–Crippen LogP) is 3.29. The lowest BCUT2D eigenvalue weighted by molar-refractivity contribution is -0.147. The van der Waals surface area contributed by atoms with E-state index in [-0.39, 0.29) is 5.56 Å². The van der Waals surface area contributed by atoms with Crippen molar-refractivity contribution in [3.8, 4) is 0 Å². The zero-order valence-electron chi connectivity index (χ0n) is 9.91. The van der Waals surface area contributed by atoms with E-state index in [0.29, 0.717) is 10.9 Å². The van der Waals surface area contributed by atoms with Gasteiger partial charge in [-0.2, -0.15) is 13.2 Å². The number of para-hydroxylation sites is 1. The fraction of sp³-hybridized carbons (Fsp3) is 0.154. The van der Waals surface area contributed by atoms with Gasteiger partial charge in [-0.3, -0.25) is 0 Å². The van der Waals surface area contributed by atoms with Crippen molar-refractivity contribution in [2.45, 2.75) is 6.18 Å². The highest BCUT2D eigenvalue weighted by atomic mass is 19.4. The first-order chi connectivity index (χ1) is 8.93. The molecule has 0 saturated carbocycles. The SMILES string of the molecule is COC(=O)C(=Cc1c[nH]c2ccccc12)C(F)(F)F. The van der Waals surface area contributed by atoms with Crippen molar-refractivity contribution >= 4 is 22.9 Å². The number of esters is 1. The van der Waals surface area contributed by atoms with Gasteiger partial charge in [-0.15, -0.1) is 0 Å². The van der Waals surface area contributed by atoms with Crippen LogP contribution in [0.2, 0.25) is 0 Å². The Morgan fingerprint density at radius 3 is 2.63 bits per heavy atom. The third kappa shape index (κ3) is 2.62. The fourth-order valence-corrected chi connectivity index (χ4v) is 1.74. The average Bonchev–Trinajstić information content (AvgIpc) is 2.77. The number of methoxy groups -OCH3 is 1. The molecule has 0 unspecified atom stereocenters. The van der Waals surface area contributed by atoms with E-state index in [1.165, 1.54) is 6.20 Å². The molecule has 0 spiro atoms. The van der Waals surface area contributed by atoms with Gasteiger partial charge >= 0.3 is 12.1 Å². The summed E-state index contributed by atoms with van der Waals surface area (Å²) < 4.78 is 42.5. The van der Waals surface area contributed by atoms with Crippen LogP contribution in [0.25, 0.3) is 17.0 Å². The van der Waals surface area contributed by atoms with Crippen LogP contribution in [-0.4, -0.2) is 24.2 Å². The summed E-state index contributed by atoms with van der Waals surface area (Å²) in [5.41, 5.74) is -0.354. The van der Waals surface area contributed by atoms with Crippen LogP contribution in [0.4, 0.5) is 13.2 Å². The van der Waals surface area contributed by atoms with Crippen LogP contribution < -0.4 is 0 Å². The maximum absolute atomic E-state index is 12.8. The summed E-state index contributed by atoms with van der Waals surface area (Å²) in [4.78, 5) is 14.0. The predicted molar refractivity (Wildman–Crippen MR) is 64.3 cm³/mol. The molecule has 0 aliphatic carbocycles. The van der Waals surface area contributed by atoms with Crippen molar-refractivity contribution in [3.63, 3.8) is 0 Å². The minimum Gasteiger partial charge on any atom is -0.465 e. The maximum atomic E-state index is 12.8. The Labute approximate surface area is 106 Å². The highest BCUT2D eigenvalue weighted by Crippen LogP contribution is 2.30. The standard InChI is InChI=1S/C13H10F3NO2/c1-19-12(18)10(13(14,15)16)6-8-7-17-11-5-3-2-4-9(8)11/h2-7,17H,1H3. The number of alkyl halides is 3. The molecule has 19 heavy (non-hydrogen) atoms. The fourth-order valence-electron chi connectivity index (χ4n) is 1.74. The van der Waals surface area contributed by atoms with Crippen LogP contribution in [0, 0.1) is 0 Å². The van der Waals surface area contributed by atoms with Gasteiger partial charge in [0, 0.05) is 22.7 Å². The van der Waals surface area contributed by atoms with Crippen LogP contribution in [-0.2, 0) is 9.53 Å². The summed E-state index contributed by atoms with van der Waals surface area (Å²) in [6, 6.07) is 6.87. The number of hydrogen-bond acceptors (Lipinski definition) is 2. The highest BCUT2D eigenvalue weighted by Gasteiger charge is 2.39. The first-order valence-electron chi connectivity index (χ1n) is 5.37. The largest absolute Gasteiger partial charge is 0.465 e. The lowest BCUT2D eigenvalue weighted by atomic mass is 10.1. The molecule has 1 aromatic carbocycles. The van der Waals surface area contributed by atoms with Crippen LogP contribution in [0.1, 0.15) is 5.56 Å². The van der Waals surface area contributed by atoms with Gasteiger partial charge in [0.05, 0.1) is 7.11 Å². The molecular formula is C13H10F3NO2. The Balaban J connectivity index is 2.55. The summed E-state index contributed by atoms with van der Waals surface area (Å²) in [7, 11) is 0.914. The number of rotatable bonds is 2. The van der Waals surface area contributed by atoms with Gasteiger partial charge in [-0.25, -0.2) is 4.79 Å². The number of aromatic amines is 1. The number of H-pyrrole nitrogens is 1. The van der Waals surface area contributed by atoms with Crippen molar-refractivity contribution in [1.82, 2.24) is 4.98 Å². The summed E-state index contributed by atoms with van der Waals surface area (Å²) >= 11 is 0. The molecule has 2 rings (SSSR count). The molecule has 0 aliphatic rings. The molecule has 6 heteroatoms. The van der Waals surface area contributed by atoms with Crippen LogP contribution in [0.3, 0.4) is 0 Å². The van der Waals surface area contributed by atoms with E-state index in [4.69, 9.17) is 0 Å². The second kappa shape index (κ2) is 4.79. The minimum absolute atomic E-state index is 0.285. The molecule has 1 aromatic heterocycles. The Morgan fingerprint density at radius 1 is 1.32 bits per heavy atom. The van der Waals surface area contributed by atoms with E-state index in [2.05, 4.69) is 9.72 Å². The Morgan fingerprint density at radius 2 is 2.00 bits per heavy atom. The van der Waals surface area contributed by atoms with Gasteiger partial charge < -0.3 is 9.72 Å². The molecule has 100 valence electrons. The van der Waals surface area contributed by atoms with Gasteiger partial charge in [-0.1, -0.05) is 18.2 Å². The number of aromatic nitrogens is 1. The molecule has 1 heterocycles. The van der Waals surface area contributed by atoms with Crippen molar-refractivity contribution in [1.29, 1.82) is 0 Å². The van der Waals surface area contributed by atoms with Gasteiger partial charge in [0.1, 0.15) is 5.57 Å². The van der Waals surface area contributed by atoms with Gasteiger partial charge in [0.15, 0.2) is 0 Å². The van der Waals surface area contributed by atoms with E-state index < -0.39 is 17.7 Å². The molecule has 0 saturated heterocycles. The number of carbonyl (C=O) groups excluding carboxylic acids is 1. The molecule has 0 radical (unpaired) electrons. The smallest absolute Gasteiger partial charge is 0.423 e. The van der Waals surface area contributed by atoms with Gasteiger partial charge in [0.2, 0.25) is 0 Å². The van der Waals surface area contributed by atoms with Crippen LogP contribution in [0.5, 0.6) is 0 Å². The van der Waals surface area contributed by atoms with Crippen molar-refractivity contribution in [2.75, 3.05) is 7.11 Å². The van der Waals surface area contributed by atoms with E-state index in [1.54, 1.807) is 24.3 Å². The number of halogens is 3. The average molecular weight is 269 g/mol. The Bertz CT molecular complexity index is 641. The molecule has 1 N–H and O–H groups in total. The summed E-state index contributed by atoms with van der Waals surface area (Å²) in [6.07, 6.45) is -2.56. The number of ether oxygens (including phenoxy) is 1. The molecule has 0 aliphatic heterocycles. The quantitative estimate of drug-likeness (QED) is 0.671. The number of nitrogens with one attached hydrogen (secondary N) is 1. The molecule has 2 aromatic rings. The van der Waals surface area contributed by atoms with E-state index in [9.17, 15) is 18.0 Å². The number of hydrogen-bond donors (Lipinski definition) is 1. The molecule has 0 bridgehead atoms.